The molecule has 1 aliphatic rings. The minimum absolute atomic E-state index is 0.00739. The number of carbonyl (C=O) groups excluding carboxylic acids is 1. The Balaban J connectivity index is 1.48. The molecule has 0 radical (unpaired) electrons. The third-order valence-electron chi connectivity index (χ3n) is 6.29. The molecule has 1 aromatic heterocycles. The fraction of sp³-hybridized carbons (Fsp3) is 0.481. The summed E-state index contributed by atoms with van der Waals surface area (Å²) in [6.45, 7) is 8.77. The van der Waals surface area contributed by atoms with Crippen molar-refractivity contribution in [2.75, 3.05) is 13.2 Å². The minimum Gasteiger partial charge on any atom is -0.444 e. The molecule has 1 atom stereocenters. The van der Waals surface area contributed by atoms with Gasteiger partial charge in [0.25, 0.3) is 10.1 Å². The van der Waals surface area contributed by atoms with E-state index in [0.29, 0.717) is 25.9 Å². The average Bonchev–Trinajstić information content (AvgIpc) is 3.40. The van der Waals surface area contributed by atoms with Crippen LogP contribution in [-0.2, 0) is 32.0 Å². The van der Waals surface area contributed by atoms with Crippen LogP contribution in [0.25, 0.3) is 11.0 Å². The zero-order valence-electron chi connectivity index (χ0n) is 21.7. The number of carbonyl (C=O) groups is 1. The Hall–Kier alpha value is -2.43. The lowest BCUT2D eigenvalue weighted by Gasteiger charge is -2.28. The molecule has 0 aliphatic carbocycles. The van der Waals surface area contributed by atoms with Crippen LogP contribution in [0.2, 0.25) is 0 Å². The normalized spacial score (nSPS) is 16.5. The highest BCUT2D eigenvalue weighted by Gasteiger charge is 2.33. The first kappa shape index (κ1) is 27.6. The molecule has 0 N–H and O–H groups in total. The SMILES string of the molecule is Cc1ccc(S(=O)(=O)OCCCn2c(CC3CCCN3C(=O)OC(C)(C)C)nc3cc(Br)ccc32)cc1. The van der Waals surface area contributed by atoms with Crippen LogP contribution in [0.15, 0.2) is 51.8 Å². The number of hydrogen-bond acceptors (Lipinski definition) is 6. The van der Waals surface area contributed by atoms with Gasteiger partial charge in [0.1, 0.15) is 11.4 Å². The highest BCUT2D eigenvalue weighted by atomic mass is 79.9. The summed E-state index contributed by atoms with van der Waals surface area (Å²) in [5.74, 6) is 0.856. The molecule has 1 saturated heterocycles. The number of benzene rings is 2. The van der Waals surface area contributed by atoms with E-state index >= 15 is 0 Å². The second-order valence-corrected chi connectivity index (χ2v) is 13.0. The monoisotopic (exact) mass is 591 g/mol. The van der Waals surface area contributed by atoms with Crippen LogP contribution < -0.4 is 0 Å². The van der Waals surface area contributed by atoms with Gasteiger partial charge in [-0.25, -0.2) is 9.78 Å². The first-order valence-corrected chi connectivity index (χ1v) is 14.7. The topological polar surface area (TPSA) is 90.7 Å². The molecule has 2 aromatic carbocycles. The van der Waals surface area contributed by atoms with Gasteiger partial charge in [0.15, 0.2) is 0 Å². The molecule has 37 heavy (non-hydrogen) atoms. The smallest absolute Gasteiger partial charge is 0.410 e. The standard InChI is InChI=1S/C27H34BrN3O5S/c1-19-8-11-22(12-9-19)37(33,34)35-16-6-15-31-24-13-10-20(28)17-23(24)29-25(31)18-21-7-5-14-30(21)26(32)36-27(2,3)4/h8-13,17,21H,5-7,14-16,18H2,1-4H3. The molecule has 4 rings (SSSR count). The first-order chi connectivity index (χ1) is 17.4. The van der Waals surface area contributed by atoms with Gasteiger partial charge in [-0.05, 0) is 77.3 Å². The number of amides is 1. The van der Waals surface area contributed by atoms with Gasteiger partial charge in [-0.2, -0.15) is 8.42 Å². The fourth-order valence-electron chi connectivity index (χ4n) is 4.54. The van der Waals surface area contributed by atoms with E-state index in [1.165, 1.54) is 0 Å². The number of ether oxygens (including phenoxy) is 1. The van der Waals surface area contributed by atoms with Gasteiger partial charge in [0.2, 0.25) is 0 Å². The summed E-state index contributed by atoms with van der Waals surface area (Å²) in [5.41, 5.74) is 2.24. The van der Waals surface area contributed by atoms with Crippen molar-refractivity contribution < 1.29 is 22.1 Å². The Kier molecular flexibility index (Phi) is 8.30. The molecule has 1 unspecified atom stereocenters. The molecular formula is C27H34BrN3O5S. The number of halogens is 1. The lowest BCUT2D eigenvalue weighted by molar-refractivity contribution is 0.0225. The molecule has 8 nitrogen and oxygen atoms in total. The van der Waals surface area contributed by atoms with Crippen LogP contribution in [0.3, 0.4) is 0 Å². The number of rotatable bonds is 8. The van der Waals surface area contributed by atoms with E-state index in [2.05, 4.69) is 20.5 Å². The van der Waals surface area contributed by atoms with Crippen LogP contribution in [-0.4, -0.2) is 53.8 Å². The Morgan fingerprint density at radius 3 is 2.59 bits per heavy atom. The summed E-state index contributed by atoms with van der Waals surface area (Å²) in [4.78, 5) is 19.6. The van der Waals surface area contributed by atoms with Gasteiger partial charge >= 0.3 is 6.09 Å². The van der Waals surface area contributed by atoms with E-state index in [4.69, 9.17) is 13.9 Å². The van der Waals surface area contributed by atoms with E-state index < -0.39 is 15.7 Å². The Bertz CT molecular complexity index is 1360. The van der Waals surface area contributed by atoms with Crippen molar-refractivity contribution in [2.24, 2.45) is 0 Å². The zero-order valence-corrected chi connectivity index (χ0v) is 24.1. The summed E-state index contributed by atoms with van der Waals surface area (Å²) in [5, 5.41) is 0. The molecule has 0 saturated carbocycles. The predicted molar refractivity (Wildman–Crippen MR) is 146 cm³/mol. The number of fused-ring (bicyclic) bond motifs is 1. The van der Waals surface area contributed by atoms with Gasteiger partial charge in [-0.15, -0.1) is 0 Å². The van der Waals surface area contributed by atoms with E-state index in [-0.39, 0.29) is 23.6 Å². The molecule has 10 heteroatoms. The van der Waals surface area contributed by atoms with E-state index in [9.17, 15) is 13.2 Å². The number of nitrogens with zero attached hydrogens (tertiary/aromatic N) is 3. The Morgan fingerprint density at radius 1 is 1.16 bits per heavy atom. The maximum atomic E-state index is 12.8. The third-order valence-corrected chi connectivity index (χ3v) is 8.11. The molecular weight excluding hydrogens is 558 g/mol. The molecule has 0 bridgehead atoms. The lowest BCUT2D eigenvalue weighted by atomic mass is 10.1. The van der Waals surface area contributed by atoms with E-state index in [1.807, 2.05) is 50.8 Å². The molecule has 200 valence electrons. The lowest BCUT2D eigenvalue weighted by Crippen LogP contribution is -2.41. The van der Waals surface area contributed by atoms with Gasteiger partial charge in [0, 0.05) is 30.0 Å². The quantitative estimate of drug-likeness (QED) is 0.241. The van der Waals surface area contributed by atoms with Crippen LogP contribution in [0.4, 0.5) is 4.79 Å². The number of aromatic nitrogens is 2. The average molecular weight is 593 g/mol. The Labute approximate surface area is 227 Å². The Morgan fingerprint density at radius 2 is 1.89 bits per heavy atom. The number of likely N-dealkylation sites (tertiary alicyclic amines) is 1. The van der Waals surface area contributed by atoms with Crippen molar-refractivity contribution in [1.29, 1.82) is 0 Å². The maximum absolute atomic E-state index is 12.8. The molecule has 1 fully saturated rings. The molecule has 1 aliphatic heterocycles. The van der Waals surface area contributed by atoms with Gasteiger partial charge in [-0.1, -0.05) is 33.6 Å². The third kappa shape index (κ3) is 6.91. The summed E-state index contributed by atoms with van der Waals surface area (Å²) in [7, 11) is -3.82. The van der Waals surface area contributed by atoms with Gasteiger partial charge in [0.05, 0.1) is 22.5 Å². The number of aryl methyl sites for hydroxylation is 2. The summed E-state index contributed by atoms with van der Waals surface area (Å²) in [6, 6.07) is 12.5. The van der Waals surface area contributed by atoms with Crippen molar-refractivity contribution in [1.82, 2.24) is 14.5 Å². The maximum Gasteiger partial charge on any atom is 0.410 e. The first-order valence-electron chi connectivity index (χ1n) is 12.5. The minimum atomic E-state index is -3.82. The number of imidazole rings is 1. The highest BCUT2D eigenvalue weighted by Crippen LogP contribution is 2.27. The molecule has 2 heterocycles. The van der Waals surface area contributed by atoms with Crippen molar-refractivity contribution in [3.63, 3.8) is 0 Å². The number of hydrogen-bond donors (Lipinski definition) is 0. The summed E-state index contributed by atoms with van der Waals surface area (Å²) in [6.07, 6.45) is 2.58. The van der Waals surface area contributed by atoms with Crippen LogP contribution in [0, 0.1) is 6.92 Å². The summed E-state index contributed by atoms with van der Waals surface area (Å²) < 4.78 is 39.1. The predicted octanol–water partition coefficient (Wildman–Crippen LogP) is 5.84. The van der Waals surface area contributed by atoms with Gasteiger partial charge in [-0.3, -0.25) is 4.18 Å². The van der Waals surface area contributed by atoms with Crippen molar-refractivity contribution in [2.45, 2.75) is 76.5 Å². The van der Waals surface area contributed by atoms with Gasteiger partial charge < -0.3 is 14.2 Å². The molecule has 1 amide bonds. The van der Waals surface area contributed by atoms with Crippen LogP contribution >= 0.6 is 15.9 Å². The molecule has 3 aromatic rings. The largest absolute Gasteiger partial charge is 0.444 e. The van der Waals surface area contributed by atoms with Crippen LogP contribution in [0.1, 0.15) is 51.4 Å². The second-order valence-electron chi connectivity index (χ2n) is 10.4. The van der Waals surface area contributed by atoms with E-state index in [1.54, 1.807) is 24.3 Å². The van der Waals surface area contributed by atoms with E-state index in [0.717, 1.165) is 39.7 Å². The molecule has 0 spiro atoms. The zero-order chi connectivity index (χ0) is 26.8. The summed E-state index contributed by atoms with van der Waals surface area (Å²) >= 11 is 3.52. The highest BCUT2D eigenvalue weighted by molar-refractivity contribution is 9.10. The second kappa shape index (κ2) is 11.1. The van der Waals surface area contributed by atoms with Crippen molar-refractivity contribution in [3.05, 3.63) is 58.3 Å². The fourth-order valence-corrected chi connectivity index (χ4v) is 5.83. The van der Waals surface area contributed by atoms with Crippen molar-refractivity contribution >= 4 is 43.2 Å². The van der Waals surface area contributed by atoms with Crippen molar-refractivity contribution in [3.8, 4) is 0 Å². The van der Waals surface area contributed by atoms with Crippen LogP contribution in [0.5, 0.6) is 0 Å².